The fraction of sp³-hybridized carbons (Fsp3) is 0.632. The molecule has 1 aliphatic carbocycles. The summed E-state index contributed by atoms with van der Waals surface area (Å²) >= 11 is 4.66. The normalized spacial score (nSPS) is 26.0. The van der Waals surface area contributed by atoms with Gasteiger partial charge in [-0.05, 0) is 66.5 Å². The minimum Gasteiger partial charge on any atom is -0.379 e. The summed E-state index contributed by atoms with van der Waals surface area (Å²) in [7, 11) is -1.74. The van der Waals surface area contributed by atoms with E-state index < -0.39 is 16.0 Å². The first-order chi connectivity index (χ1) is 13.5. The number of anilines is 1. The zero-order chi connectivity index (χ0) is 19.7. The Hall–Kier alpha value is -0.940. The van der Waals surface area contributed by atoms with E-state index in [0.29, 0.717) is 17.4 Å². The first-order valence-corrected chi connectivity index (χ1v) is 11.9. The number of benzene rings is 1. The van der Waals surface area contributed by atoms with Crippen molar-refractivity contribution >= 4 is 32.7 Å². The van der Waals surface area contributed by atoms with Gasteiger partial charge in [-0.15, -0.1) is 0 Å². The molecule has 2 unspecified atom stereocenters. The fourth-order valence-electron chi connectivity index (χ4n) is 4.26. The van der Waals surface area contributed by atoms with Gasteiger partial charge in [-0.1, -0.05) is 16.6 Å². The van der Waals surface area contributed by atoms with Gasteiger partial charge in [-0.3, -0.25) is 9.69 Å². The Morgan fingerprint density at radius 2 is 1.89 bits per heavy atom. The van der Waals surface area contributed by atoms with Crippen molar-refractivity contribution in [3.63, 3.8) is 0 Å². The zero-order valence-electron chi connectivity index (χ0n) is 15.8. The Morgan fingerprint density at radius 3 is 2.50 bits per heavy atom. The number of amides is 1. The van der Waals surface area contributed by atoms with Crippen LogP contribution in [0.3, 0.4) is 0 Å². The molecule has 9 heteroatoms. The predicted molar refractivity (Wildman–Crippen MR) is 111 cm³/mol. The van der Waals surface area contributed by atoms with Crippen molar-refractivity contribution in [1.29, 1.82) is 0 Å². The Balaban J connectivity index is 1.39. The quantitative estimate of drug-likeness (QED) is 0.644. The molecule has 0 spiro atoms. The number of ether oxygens (including phenoxy) is 1. The number of hydroxylamine groups is 1. The lowest BCUT2D eigenvalue weighted by molar-refractivity contribution is -0.128. The van der Waals surface area contributed by atoms with Gasteiger partial charge in [0.05, 0.1) is 13.2 Å². The minimum atomic E-state index is -1.74. The number of morpholine rings is 1. The summed E-state index contributed by atoms with van der Waals surface area (Å²) in [6, 6.07) is 7.51. The third-order valence-electron chi connectivity index (χ3n) is 6.26. The van der Waals surface area contributed by atoms with Gasteiger partial charge in [0, 0.05) is 25.3 Å². The highest BCUT2D eigenvalue weighted by molar-refractivity contribution is 8.24. The molecule has 2 saturated heterocycles. The molecule has 28 heavy (non-hydrogen) atoms. The van der Waals surface area contributed by atoms with Crippen molar-refractivity contribution in [2.45, 2.75) is 37.1 Å². The maximum absolute atomic E-state index is 12.6. The highest BCUT2D eigenvalue weighted by atomic mass is 32.8. The van der Waals surface area contributed by atoms with Crippen LogP contribution in [0.15, 0.2) is 24.3 Å². The SMILES string of the molecule is O=C1C(N(O)S(O)=S)CCN1c1ccc(C2(CCN3CCOCC3)CC2)cc1. The van der Waals surface area contributed by atoms with Crippen LogP contribution in [-0.2, 0) is 36.1 Å². The van der Waals surface area contributed by atoms with Gasteiger partial charge in [-0.25, -0.2) is 0 Å². The molecular formula is C19H27N3O4S2. The molecule has 4 rings (SSSR count). The summed E-state index contributed by atoms with van der Waals surface area (Å²) < 4.78 is 15.4. The average molecular weight is 426 g/mol. The van der Waals surface area contributed by atoms with Crippen molar-refractivity contribution in [3.05, 3.63) is 29.8 Å². The third kappa shape index (κ3) is 4.16. The summed E-state index contributed by atoms with van der Waals surface area (Å²) in [5.74, 6) is -0.222. The van der Waals surface area contributed by atoms with E-state index >= 15 is 0 Å². The molecular weight excluding hydrogens is 398 g/mol. The maximum atomic E-state index is 12.6. The number of hydrogen-bond donors (Lipinski definition) is 2. The van der Waals surface area contributed by atoms with Gasteiger partial charge in [0.1, 0.15) is 16.0 Å². The number of carbonyl (C=O) groups is 1. The molecule has 1 aromatic rings. The van der Waals surface area contributed by atoms with E-state index in [1.807, 2.05) is 12.1 Å². The second kappa shape index (κ2) is 8.43. The highest BCUT2D eigenvalue weighted by Crippen LogP contribution is 2.51. The van der Waals surface area contributed by atoms with E-state index in [9.17, 15) is 14.6 Å². The largest absolute Gasteiger partial charge is 0.379 e. The Bertz CT molecular complexity index is 735. The van der Waals surface area contributed by atoms with Crippen LogP contribution in [0.5, 0.6) is 0 Å². The molecule has 2 heterocycles. The summed E-state index contributed by atoms with van der Waals surface area (Å²) in [6.07, 6.45) is 4.05. The van der Waals surface area contributed by atoms with Crippen molar-refractivity contribution in [3.8, 4) is 0 Å². The molecule has 1 amide bonds. The van der Waals surface area contributed by atoms with Crippen LogP contribution >= 0.6 is 0 Å². The van der Waals surface area contributed by atoms with Gasteiger partial charge < -0.3 is 19.4 Å². The van der Waals surface area contributed by atoms with E-state index in [4.69, 9.17) is 4.74 Å². The fourth-order valence-corrected chi connectivity index (χ4v) is 4.99. The molecule has 0 radical (unpaired) electrons. The van der Waals surface area contributed by atoms with Crippen LogP contribution in [0.1, 0.15) is 31.2 Å². The molecule has 0 aromatic heterocycles. The molecule has 2 N–H and O–H groups in total. The predicted octanol–water partition coefficient (Wildman–Crippen LogP) is 1.71. The van der Waals surface area contributed by atoms with Crippen LogP contribution in [-0.4, -0.2) is 70.5 Å². The van der Waals surface area contributed by atoms with Gasteiger partial charge in [0.15, 0.2) is 0 Å². The number of carbonyl (C=O) groups excluding carboxylic acids is 1. The Kier molecular flexibility index (Phi) is 6.12. The molecule has 3 fully saturated rings. The van der Waals surface area contributed by atoms with E-state index in [1.165, 1.54) is 18.4 Å². The molecule has 2 atom stereocenters. The van der Waals surface area contributed by atoms with Gasteiger partial charge >= 0.3 is 0 Å². The van der Waals surface area contributed by atoms with Crippen LogP contribution in [0.25, 0.3) is 0 Å². The smallest absolute Gasteiger partial charge is 0.247 e. The monoisotopic (exact) mass is 425 g/mol. The first-order valence-electron chi connectivity index (χ1n) is 9.81. The van der Waals surface area contributed by atoms with Crippen molar-refractivity contribution in [2.24, 2.45) is 0 Å². The molecule has 2 aliphatic heterocycles. The van der Waals surface area contributed by atoms with Crippen molar-refractivity contribution < 1.29 is 19.3 Å². The number of hydrogen-bond acceptors (Lipinski definition) is 5. The minimum absolute atomic E-state index is 0.222. The Labute approximate surface area is 172 Å². The number of rotatable bonds is 7. The molecule has 154 valence electrons. The van der Waals surface area contributed by atoms with Gasteiger partial charge in [0.25, 0.3) is 0 Å². The molecule has 7 nitrogen and oxygen atoms in total. The molecule has 1 aromatic carbocycles. The topological polar surface area (TPSA) is 76.5 Å². The van der Waals surface area contributed by atoms with Crippen molar-refractivity contribution in [2.75, 3.05) is 44.3 Å². The maximum Gasteiger partial charge on any atom is 0.247 e. The first kappa shape index (κ1) is 20.3. The second-order valence-electron chi connectivity index (χ2n) is 7.86. The van der Waals surface area contributed by atoms with Gasteiger partial charge in [0.2, 0.25) is 5.91 Å². The summed E-state index contributed by atoms with van der Waals surface area (Å²) in [5.41, 5.74) is 2.46. The Morgan fingerprint density at radius 1 is 1.21 bits per heavy atom. The van der Waals surface area contributed by atoms with E-state index in [2.05, 4.69) is 28.2 Å². The van der Waals surface area contributed by atoms with Crippen LogP contribution < -0.4 is 4.90 Å². The summed E-state index contributed by atoms with van der Waals surface area (Å²) in [5, 5.41) is 9.82. The van der Waals surface area contributed by atoms with Crippen molar-refractivity contribution in [1.82, 2.24) is 9.37 Å². The van der Waals surface area contributed by atoms with E-state index in [-0.39, 0.29) is 11.3 Å². The zero-order valence-corrected chi connectivity index (χ0v) is 17.5. The second-order valence-corrected chi connectivity index (χ2v) is 9.59. The van der Waals surface area contributed by atoms with Crippen LogP contribution in [0.4, 0.5) is 5.69 Å². The van der Waals surface area contributed by atoms with Gasteiger partial charge in [-0.2, -0.15) is 0 Å². The van der Waals surface area contributed by atoms with E-state index in [1.54, 1.807) is 4.90 Å². The lowest BCUT2D eigenvalue weighted by atomic mass is 9.92. The van der Waals surface area contributed by atoms with Crippen LogP contribution in [0.2, 0.25) is 0 Å². The molecule has 1 saturated carbocycles. The molecule has 3 aliphatic rings. The summed E-state index contributed by atoms with van der Waals surface area (Å²) in [4.78, 5) is 16.7. The number of nitrogens with zero attached hydrogens (tertiary/aromatic N) is 3. The highest BCUT2D eigenvalue weighted by Gasteiger charge is 2.44. The standard InChI is InChI=1S/C19H27N3O4S2/c23-18-17(22(24)28(25)27)5-9-21(18)16-3-1-15(2-4-16)19(6-7-19)8-10-20-11-13-26-14-12-20/h1-4,17,24H,5-14H2,(H,25,27). The molecule has 0 bridgehead atoms. The van der Waals surface area contributed by atoms with E-state index in [0.717, 1.165) is 45.0 Å². The lowest BCUT2D eigenvalue weighted by Crippen LogP contribution is -2.40. The summed E-state index contributed by atoms with van der Waals surface area (Å²) in [6.45, 7) is 5.33. The third-order valence-corrected chi connectivity index (χ3v) is 7.29. The lowest BCUT2D eigenvalue weighted by Gasteiger charge is -2.28. The average Bonchev–Trinajstić information content (AvgIpc) is 3.42. The van der Waals surface area contributed by atoms with Crippen LogP contribution in [0, 0.1) is 0 Å².